The van der Waals surface area contributed by atoms with Crippen molar-refractivity contribution >= 4 is 0 Å². The fourth-order valence-corrected chi connectivity index (χ4v) is 2.43. The third-order valence-corrected chi connectivity index (χ3v) is 3.76. The van der Waals surface area contributed by atoms with E-state index in [0.717, 1.165) is 6.42 Å². The van der Waals surface area contributed by atoms with E-state index >= 15 is 0 Å². The van der Waals surface area contributed by atoms with Crippen LogP contribution in [0.4, 0.5) is 4.39 Å². The molecular formula is C18H22FN. The molecule has 0 radical (unpaired) electrons. The van der Waals surface area contributed by atoms with Crippen LogP contribution in [0.1, 0.15) is 49.5 Å². The molecule has 2 heteroatoms. The van der Waals surface area contributed by atoms with E-state index in [1.54, 1.807) is 6.07 Å². The van der Waals surface area contributed by atoms with E-state index in [9.17, 15) is 4.39 Å². The topological polar surface area (TPSA) is 12.0 Å². The summed E-state index contributed by atoms with van der Waals surface area (Å²) in [5, 5.41) is 3.45. The first-order valence-corrected chi connectivity index (χ1v) is 7.21. The summed E-state index contributed by atoms with van der Waals surface area (Å²) in [4.78, 5) is 0. The van der Waals surface area contributed by atoms with Gasteiger partial charge in [-0.3, -0.25) is 0 Å². The minimum absolute atomic E-state index is 0.0166. The van der Waals surface area contributed by atoms with Crippen molar-refractivity contribution in [3.05, 3.63) is 71.0 Å². The van der Waals surface area contributed by atoms with Gasteiger partial charge in [-0.25, -0.2) is 4.39 Å². The first-order valence-electron chi connectivity index (χ1n) is 7.21. The van der Waals surface area contributed by atoms with Crippen LogP contribution in [0.3, 0.4) is 0 Å². The summed E-state index contributed by atoms with van der Waals surface area (Å²) in [7, 11) is 0. The van der Waals surface area contributed by atoms with Gasteiger partial charge in [-0.1, -0.05) is 49.4 Å². The molecule has 2 aromatic rings. The molecule has 20 heavy (non-hydrogen) atoms. The number of aryl methyl sites for hydroxylation is 1. The van der Waals surface area contributed by atoms with Gasteiger partial charge in [0.15, 0.2) is 0 Å². The second-order valence-electron chi connectivity index (χ2n) is 5.23. The molecule has 0 aliphatic carbocycles. The predicted octanol–water partition coefficient (Wildman–Crippen LogP) is 4.80. The van der Waals surface area contributed by atoms with Crippen molar-refractivity contribution in [2.45, 2.75) is 39.3 Å². The zero-order valence-electron chi connectivity index (χ0n) is 12.4. The van der Waals surface area contributed by atoms with Crippen LogP contribution in [0, 0.1) is 5.82 Å². The Morgan fingerprint density at radius 3 is 2.20 bits per heavy atom. The van der Waals surface area contributed by atoms with Gasteiger partial charge in [0.1, 0.15) is 5.82 Å². The van der Waals surface area contributed by atoms with Gasteiger partial charge in [0.05, 0.1) is 0 Å². The third kappa shape index (κ3) is 3.45. The highest BCUT2D eigenvalue weighted by molar-refractivity contribution is 5.26. The summed E-state index contributed by atoms with van der Waals surface area (Å²) < 4.78 is 13.8. The summed E-state index contributed by atoms with van der Waals surface area (Å²) in [6.45, 7) is 6.25. The van der Waals surface area contributed by atoms with Crippen LogP contribution in [0.5, 0.6) is 0 Å². The largest absolute Gasteiger partial charge is 0.304 e. The fraction of sp³-hybridized carbons (Fsp3) is 0.333. The first kappa shape index (κ1) is 14.7. The fourth-order valence-electron chi connectivity index (χ4n) is 2.43. The number of halogens is 1. The lowest BCUT2D eigenvalue weighted by molar-refractivity contribution is 0.474. The van der Waals surface area contributed by atoms with Crippen molar-refractivity contribution in [3.8, 4) is 0 Å². The number of rotatable bonds is 5. The van der Waals surface area contributed by atoms with Gasteiger partial charge in [0.25, 0.3) is 0 Å². The number of nitrogens with one attached hydrogen (secondary N) is 1. The number of hydrogen-bond acceptors (Lipinski definition) is 1. The quantitative estimate of drug-likeness (QED) is 0.823. The molecule has 1 N–H and O–H groups in total. The molecule has 0 aliphatic rings. The molecule has 0 spiro atoms. The third-order valence-electron chi connectivity index (χ3n) is 3.76. The molecule has 2 atom stereocenters. The molecule has 106 valence electrons. The van der Waals surface area contributed by atoms with Crippen LogP contribution >= 0.6 is 0 Å². The van der Waals surface area contributed by atoms with Crippen LogP contribution in [-0.2, 0) is 6.42 Å². The van der Waals surface area contributed by atoms with Gasteiger partial charge in [0.2, 0.25) is 0 Å². The van der Waals surface area contributed by atoms with Crippen LogP contribution in [0.2, 0.25) is 0 Å². The number of benzene rings is 2. The minimum atomic E-state index is -0.152. The van der Waals surface area contributed by atoms with Crippen LogP contribution in [0.25, 0.3) is 0 Å². The van der Waals surface area contributed by atoms with Crippen molar-refractivity contribution in [3.63, 3.8) is 0 Å². The lowest BCUT2D eigenvalue weighted by Gasteiger charge is -2.21. The Morgan fingerprint density at radius 1 is 0.950 bits per heavy atom. The zero-order chi connectivity index (χ0) is 14.5. The standard InChI is InChI=1S/C18H22FN/c1-4-15-9-11-16(12-10-15)13(2)20-14(3)17-7-5-6-8-18(17)19/h5-14,20H,4H2,1-3H3/t13?,14-/m1/s1. The molecule has 2 rings (SSSR count). The highest BCUT2D eigenvalue weighted by Gasteiger charge is 2.13. The maximum absolute atomic E-state index is 13.8. The summed E-state index contributed by atoms with van der Waals surface area (Å²) in [5.74, 6) is -0.152. The molecule has 2 aromatic carbocycles. The Kier molecular flexibility index (Phi) is 4.91. The van der Waals surface area contributed by atoms with Gasteiger partial charge in [0, 0.05) is 17.6 Å². The molecule has 0 aromatic heterocycles. The van der Waals surface area contributed by atoms with Crippen LogP contribution in [0.15, 0.2) is 48.5 Å². The molecule has 0 fully saturated rings. The maximum atomic E-state index is 13.8. The summed E-state index contributed by atoms with van der Waals surface area (Å²) in [5.41, 5.74) is 3.28. The highest BCUT2D eigenvalue weighted by atomic mass is 19.1. The van der Waals surface area contributed by atoms with E-state index in [4.69, 9.17) is 0 Å². The normalized spacial score (nSPS) is 14.0. The maximum Gasteiger partial charge on any atom is 0.127 e. The second kappa shape index (κ2) is 6.67. The Morgan fingerprint density at radius 2 is 1.60 bits per heavy atom. The molecule has 0 amide bonds. The summed E-state index contributed by atoms with van der Waals surface area (Å²) in [6.07, 6.45) is 1.05. The van der Waals surface area contributed by atoms with Crippen molar-refractivity contribution in [2.75, 3.05) is 0 Å². The lowest BCUT2D eigenvalue weighted by atomic mass is 10.0. The van der Waals surface area contributed by atoms with Crippen molar-refractivity contribution < 1.29 is 4.39 Å². The Labute approximate surface area is 120 Å². The predicted molar refractivity (Wildman–Crippen MR) is 82.2 cm³/mol. The minimum Gasteiger partial charge on any atom is -0.304 e. The molecular weight excluding hydrogens is 249 g/mol. The van der Waals surface area contributed by atoms with E-state index in [0.29, 0.717) is 5.56 Å². The summed E-state index contributed by atoms with van der Waals surface area (Å²) >= 11 is 0. The monoisotopic (exact) mass is 271 g/mol. The molecule has 0 heterocycles. The average Bonchev–Trinajstić information content (AvgIpc) is 2.47. The van der Waals surface area contributed by atoms with Crippen LogP contribution < -0.4 is 5.32 Å². The van der Waals surface area contributed by atoms with Crippen molar-refractivity contribution in [1.82, 2.24) is 5.32 Å². The van der Waals surface area contributed by atoms with E-state index in [2.05, 4.69) is 43.4 Å². The Balaban J connectivity index is 2.06. The molecule has 0 saturated heterocycles. The van der Waals surface area contributed by atoms with Crippen LogP contribution in [-0.4, -0.2) is 0 Å². The molecule has 1 nitrogen and oxygen atoms in total. The SMILES string of the molecule is CCc1ccc(C(C)N[C@H](C)c2ccccc2F)cc1. The van der Waals surface area contributed by atoms with E-state index in [-0.39, 0.29) is 17.9 Å². The zero-order valence-corrected chi connectivity index (χ0v) is 12.4. The van der Waals surface area contributed by atoms with Crippen molar-refractivity contribution in [2.24, 2.45) is 0 Å². The van der Waals surface area contributed by atoms with Gasteiger partial charge >= 0.3 is 0 Å². The lowest BCUT2D eigenvalue weighted by Crippen LogP contribution is -2.23. The molecule has 0 bridgehead atoms. The molecule has 1 unspecified atom stereocenters. The molecule has 0 aliphatic heterocycles. The Bertz CT molecular complexity index is 548. The van der Waals surface area contributed by atoms with E-state index in [1.807, 2.05) is 19.1 Å². The Hall–Kier alpha value is -1.67. The first-order chi connectivity index (χ1) is 9.61. The van der Waals surface area contributed by atoms with E-state index < -0.39 is 0 Å². The molecule has 0 saturated carbocycles. The number of hydrogen-bond donors (Lipinski definition) is 1. The van der Waals surface area contributed by atoms with Gasteiger partial charge < -0.3 is 5.32 Å². The highest BCUT2D eigenvalue weighted by Crippen LogP contribution is 2.21. The average molecular weight is 271 g/mol. The smallest absolute Gasteiger partial charge is 0.127 e. The van der Waals surface area contributed by atoms with Crippen molar-refractivity contribution in [1.29, 1.82) is 0 Å². The second-order valence-corrected chi connectivity index (χ2v) is 5.23. The summed E-state index contributed by atoms with van der Waals surface area (Å²) in [6, 6.07) is 15.7. The van der Waals surface area contributed by atoms with E-state index in [1.165, 1.54) is 17.2 Å². The van der Waals surface area contributed by atoms with Gasteiger partial charge in [-0.2, -0.15) is 0 Å². The van der Waals surface area contributed by atoms with Gasteiger partial charge in [-0.05, 0) is 37.5 Å². The van der Waals surface area contributed by atoms with Gasteiger partial charge in [-0.15, -0.1) is 0 Å².